The number of carbonyl (C=O) groups excluding carboxylic acids is 1. The van der Waals surface area contributed by atoms with Crippen LogP contribution in [0, 0.1) is 17.1 Å². The highest BCUT2D eigenvalue weighted by Crippen LogP contribution is 2.44. The molecule has 0 saturated carbocycles. The molecule has 9 heteroatoms. The molecule has 26 heavy (non-hydrogen) atoms. The van der Waals surface area contributed by atoms with Crippen molar-refractivity contribution in [1.82, 2.24) is 15.1 Å². The summed E-state index contributed by atoms with van der Waals surface area (Å²) in [5, 5.41) is 27.4. The molecule has 7 nitrogen and oxygen atoms in total. The number of halogens is 2. The van der Waals surface area contributed by atoms with Crippen molar-refractivity contribution in [2.45, 2.75) is 5.72 Å². The standard InChI is InChI=1S/C17H11ClFN5O2/c1-24-15-8(12(6-20)23-24)5-11(21)14-13(15)16(25)22-17(14,26)9-4-7(19)2-3-10(9)18/h2-5,26H,21H2,1H3,(H,22,25). The van der Waals surface area contributed by atoms with Gasteiger partial charge in [0.1, 0.15) is 11.9 Å². The van der Waals surface area contributed by atoms with Gasteiger partial charge in [0.25, 0.3) is 5.91 Å². The van der Waals surface area contributed by atoms with Gasteiger partial charge < -0.3 is 16.2 Å². The van der Waals surface area contributed by atoms with Crippen LogP contribution in [0.5, 0.6) is 0 Å². The molecule has 3 aromatic rings. The van der Waals surface area contributed by atoms with Crippen LogP contribution >= 0.6 is 11.6 Å². The zero-order valence-electron chi connectivity index (χ0n) is 13.3. The maximum Gasteiger partial charge on any atom is 0.256 e. The second kappa shape index (κ2) is 5.17. The van der Waals surface area contributed by atoms with Crippen LogP contribution in [-0.2, 0) is 12.8 Å². The molecule has 0 bridgehead atoms. The second-order valence-electron chi connectivity index (χ2n) is 5.98. The Morgan fingerprint density at radius 3 is 2.88 bits per heavy atom. The molecule has 4 rings (SSSR count). The lowest BCUT2D eigenvalue weighted by Gasteiger charge is -2.26. The Kier molecular flexibility index (Phi) is 3.25. The van der Waals surface area contributed by atoms with Crippen LogP contribution in [0.2, 0.25) is 5.02 Å². The van der Waals surface area contributed by atoms with Gasteiger partial charge in [0.05, 0.1) is 11.1 Å². The summed E-state index contributed by atoms with van der Waals surface area (Å²) < 4.78 is 15.1. The van der Waals surface area contributed by atoms with E-state index in [1.807, 2.05) is 6.07 Å². The van der Waals surface area contributed by atoms with Crippen LogP contribution in [0.15, 0.2) is 24.3 Å². The lowest BCUT2D eigenvalue weighted by molar-refractivity contribution is 0.0479. The lowest BCUT2D eigenvalue weighted by Crippen LogP contribution is -2.40. The van der Waals surface area contributed by atoms with E-state index in [1.165, 1.54) is 16.8 Å². The number of nitrogen functional groups attached to an aromatic ring is 1. The van der Waals surface area contributed by atoms with Crippen molar-refractivity contribution in [3.8, 4) is 6.07 Å². The number of nitrogens with zero attached hydrogens (tertiary/aromatic N) is 3. The number of nitriles is 1. The fourth-order valence-electron chi connectivity index (χ4n) is 3.42. The van der Waals surface area contributed by atoms with Crippen molar-refractivity contribution in [2.75, 3.05) is 5.73 Å². The van der Waals surface area contributed by atoms with E-state index in [1.54, 1.807) is 7.05 Å². The molecule has 1 unspecified atom stereocenters. The van der Waals surface area contributed by atoms with Gasteiger partial charge in [0.2, 0.25) is 0 Å². The fourth-order valence-corrected chi connectivity index (χ4v) is 3.68. The first-order chi connectivity index (χ1) is 12.3. The molecule has 1 aromatic heterocycles. The van der Waals surface area contributed by atoms with Crippen molar-refractivity contribution in [3.63, 3.8) is 0 Å². The van der Waals surface area contributed by atoms with Crippen LogP contribution in [0.25, 0.3) is 10.9 Å². The number of anilines is 1. The Balaban J connectivity index is 2.12. The number of aliphatic hydroxyl groups is 1. The molecule has 1 amide bonds. The predicted molar refractivity (Wildman–Crippen MR) is 91.7 cm³/mol. The molecule has 0 aliphatic carbocycles. The third-order valence-electron chi connectivity index (χ3n) is 4.47. The number of nitrogens with two attached hydrogens (primary N) is 1. The summed E-state index contributed by atoms with van der Waals surface area (Å²) in [6.45, 7) is 0. The van der Waals surface area contributed by atoms with E-state index in [-0.39, 0.29) is 33.1 Å². The van der Waals surface area contributed by atoms with E-state index in [9.17, 15) is 19.6 Å². The van der Waals surface area contributed by atoms with E-state index in [4.69, 9.17) is 17.3 Å². The van der Waals surface area contributed by atoms with Crippen LogP contribution in [0.3, 0.4) is 0 Å². The van der Waals surface area contributed by atoms with Crippen molar-refractivity contribution < 1.29 is 14.3 Å². The molecule has 0 saturated heterocycles. The normalized spacial score (nSPS) is 18.7. The summed E-state index contributed by atoms with van der Waals surface area (Å²) in [6, 6.07) is 6.85. The molecule has 0 radical (unpaired) electrons. The first-order valence-electron chi connectivity index (χ1n) is 7.48. The maximum atomic E-state index is 13.7. The van der Waals surface area contributed by atoms with Crippen LogP contribution in [0.4, 0.5) is 10.1 Å². The number of benzene rings is 2. The minimum atomic E-state index is -2.11. The van der Waals surface area contributed by atoms with Crippen LogP contribution in [-0.4, -0.2) is 20.8 Å². The zero-order chi connectivity index (χ0) is 18.8. The van der Waals surface area contributed by atoms with Gasteiger partial charge in [-0.1, -0.05) is 11.6 Å². The highest BCUT2D eigenvalue weighted by Gasteiger charge is 2.47. The molecule has 0 fully saturated rings. The number of aryl methyl sites for hydroxylation is 1. The van der Waals surface area contributed by atoms with Crippen molar-refractivity contribution in [1.29, 1.82) is 5.26 Å². The first kappa shape index (κ1) is 16.3. The summed E-state index contributed by atoms with van der Waals surface area (Å²) in [5.74, 6) is -1.26. The molecule has 0 spiro atoms. The summed E-state index contributed by atoms with van der Waals surface area (Å²) in [6.07, 6.45) is 0. The van der Waals surface area contributed by atoms with Crippen LogP contribution < -0.4 is 11.1 Å². The predicted octanol–water partition coefficient (Wildman–Crippen LogP) is 1.76. The van der Waals surface area contributed by atoms with Crippen molar-refractivity contribution >= 4 is 34.1 Å². The zero-order valence-corrected chi connectivity index (χ0v) is 14.1. The number of aromatic nitrogens is 2. The molecular formula is C17H11ClFN5O2. The Morgan fingerprint density at radius 2 is 2.19 bits per heavy atom. The van der Waals surface area contributed by atoms with Crippen LogP contribution in [0.1, 0.15) is 27.2 Å². The number of carbonyl (C=O) groups is 1. The fraction of sp³-hybridized carbons (Fsp3) is 0.118. The van der Waals surface area contributed by atoms with E-state index < -0.39 is 17.4 Å². The van der Waals surface area contributed by atoms with Gasteiger partial charge in [-0.05, 0) is 24.3 Å². The summed E-state index contributed by atoms with van der Waals surface area (Å²) in [5.41, 5.74) is 4.56. The van der Waals surface area contributed by atoms with Gasteiger partial charge in [-0.2, -0.15) is 10.4 Å². The highest BCUT2D eigenvalue weighted by molar-refractivity contribution is 6.31. The van der Waals surface area contributed by atoms with Gasteiger partial charge in [-0.3, -0.25) is 9.48 Å². The maximum absolute atomic E-state index is 13.7. The SMILES string of the molecule is Cn1nc(C#N)c2cc(N)c3c(c21)C(=O)NC3(O)c1cc(F)ccc1Cl. The number of rotatable bonds is 1. The molecule has 1 aliphatic heterocycles. The van der Waals surface area contributed by atoms with Crippen molar-refractivity contribution in [2.24, 2.45) is 7.05 Å². The van der Waals surface area contributed by atoms with Gasteiger partial charge in [-0.15, -0.1) is 0 Å². The Labute approximate surface area is 151 Å². The molecule has 1 aliphatic rings. The van der Waals surface area contributed by atoms with E-state index in [0.717, 1.165) is 12.1 Å². The topological polar surface area (TPSA) is 117 Å². The molecule has 1 atom stereocenters. The number of hydrogen-bond acceptors (Lipinski definition) is 5. The van der Waals surface area contributed by atoms with Gasteiger partial charge in [0, 0.05) is 34.3 Å². The second-order valence-corrected chi connectivity index (χ2v) is 6.39. The minimum absolute atomic E-state index is 0.0417. The van der Waals surface area contributed by atoms with Gasteiger partial charge in [0.15, 0.2) is 11.4 Å². The number of hydrogen-bond donors (Lipinski definition) is 3. The van der Waals surface area contributed by atoms with E-state index in [0.29, 0.717) is 10.9 Å². The Hall–Kier alpha value is -3.15. The smallest absolute Gasteiger partial charge is 0.256 e. The number of fused-ring (bicyclic) bond motifs is 3. The van der Waals surface area contributed by atoms with Gasteiger partial charge >= 0.3 is 0 Å². The van der Waals surface area contributed by atoms with E-state index >= 15 is 0 Å². The molecule has 130 valence electrons. The molecule has 4 N–H and O–H groups in total. The highest BCUT2D eigenvalue weighted by atomic mass is 35.5. The third kappa shape index (κ3) is 1.95. The largest absolute Gasteiger partial charge is 0.398 e. The molecular weight excluding hydrogens is 361 g/mol. The number of nitrogens with one attached hydrogen (secondary N) is 1. The van der Waals surface area contributed by atoms with Crippen molar-refractivity contribution in [3.05, 3.63) is 57.5 Å². The summed E-state index contributed by atoms with van der Waals surface area (Å²) in [4.78, 5) is 12.7. The average Bonchev–Trinajstić information content (AvgIpc) is 3.05. The first-order valence-corrected chi connectivity index (χ1v) is 7.86. The Morgan fingerprint density at radius 1 is 1.46 bits per heavy atom. The average molecular weight is 372 g/mol. The number of amides is 1. The summed E-state index contributed by atoms with van der Waals surface area (Å²) >= 11 is 6.13. The third-order valence-corrected chi connectivity index (χ3v) is 4.80. The summed E-state index contributed by atoms with van der Waals surface area (Å²) in [7, 11) is 1.57. The monoisotopic (exact) mass is 371 g/mol. The molecule has 2 aromatic carbocycles. The van der Waals surface area contributed by atoms with Gasteiger partial charge in [-0.25, -0.2) is 4.39 Å². The quantitative estimate of drug-likeness (QED) is 0.563. The molecule has 2 heterocycles. The Bertz CT molecular complexity index is 1170. The minimum Gasteiger partial charge on any atom is -0.398 e. The van der Waals surface area contributed by atoms with E-state index in [2.05, 4.69) is 10.4 Å². The lowest BCUT2D eigenvalue weighted by atomic mass is 9.91.